The molecule has 1 atom stereocenters. The molecule has 1 unspecified atom stereocenters. The number of hydrogen-bond acceptors (Lipinski definition) is 4. The normalized spacial score (nSPS) is 15.1. The first-order chi connectivity index (χ1) is 15.4. The molecule has 1 fully saturated rings. The number of carbonyl (C=O) groups is 1. The van der Waals surface area contributed by atoms with Crippen LogP contribution in [0.1, 0.15) is 50.0 Å². The van der Waals surface area contributed by atoms with Crippen LogP contribution in [0.2, 0.25) is 10.0 Å². The van der Waals surface area contributed by atoms with Gasteiger partial charge in [0.15, 0.2) is 11.0 Å². The molecule has 1 saturated carbocycles. The van der Waals surface area contributed by atoms with Gasteiger partial charge in [0.2, 0.25) is 5.91 Å². The van der Waals surface area contributed by atoms with E-state index in [4.69, 9.17) is 23.2 Å². The second-order valence-corrected chi connectivity index (χ2v) is 9.68. The lowest BCUT2D eigenvalue weighted by molar-refractivity contribution is -0.125. The lowest BCUT2D eigenvalue weighted by atomic mass is 10.1. The number of benzene rings is 2. The number of rotatable bonds is 7. The smallest absolute Gasteiger partial charge is 0.223 e. The van der Waals surface area contributed by atoms with E-state index in [1.54, 1.807) is 24.3 Å². The second-order valence-electron chi connectivity index (χ2n) is 7.90. The van der Waals surface area contributed by atoms with Crippen molar-refractivity contribution in [2.45, 2.75) is 49.6 Å². The minimum Gasteiger partial charge on any atom is -0.346 e. The van der Waals surface area contributed by atoms with E-state index in [1.807, 2.05) is 17.6 Å². The van der Waals surface area contributed by atoms with Gasteiger partial charge in [-0.25, -0.2) is 4.39 Å². The Morgan fingerprint density at radius 3 is 2.59 bits per heavy atom. The Kier molecular flexibility index (Phi) is 7.38. The maximum atomic E-state index is 13.2. The van der Waals surface area contributed by atoms with Gasteiger partial charge in [0, 0.05) is 16.7 Å². The quantitative estimate of drug-likeness (QED) is 0.389. The van der Waals surface area contributed by atoms with Crippen LogP contribution in [0.5, 0.6) is 0 Å². The molecule has 1 heterocycles. The van der Waals surface area contributed by atoms with Gasteiger partial charge in [-0.05, 0) is 55.7 Å². The lowest BCUT2D eigenvalue weighted by Crippen LogP contribution is -2.33. The van der Waals surface area contributed by atoms with Gasteiger partial charge in [0.25, 0.3) is 0 Å². The number of halogens is 3. The number of thioether (sulfide) groups is 1. The molecule has 0 radical (unpaired) electrons. The van der Waals surface area contributed by atoms with Crippen LogP contribution in [-0.2, 0) is 10.5 Å². The van der Waals surface area contributed by atoms with E-state index in [-0.39, 0.29) is 23.7 Å². The van der Waals surface area contributed by atoms with Gasteiger partial charge in [-0.3, -0.25) is 9.36 Å². The molecule has 9 heteroatoms. The Morgan fingerprint density at radius 2 is 1.91 bits per heavy atom. The van der Waals surface area contributed by atoms with Gasteiger partial charge in [0.1, 0.15) is 5.82 Å². The molecule has 3 aromatic rings. The fourth-order valence-corrected chi connectivity index (χ4v) is 5.26. The van der Waals surface area contributed by atoms with Gasteiger partial charge in [0.05, 0.1) is 16.8 Å². The predicted octanol–water partition coefficient (Wildman–Crippen LogP) is 6.37. The van der Waals surface area contributed by atoms with Crippen molar-refractivity contribution < 1.29 is 9.18 Å². The zero-order valence-electron chi connectivity index (χ0n) is 17.5. The predicted molar refractivity (Wildman–Crippen MR) is 126 cm³/mol. The molecule has 0 bridgehead atoms. The summed E-state index contributed by atoms with van der Waals surface area (Å²) < 4.78 is 15.1. The third-order valence-electron chi connectivity index (χ3n) is 5.56. The monoisotopic (exact) mass is 492 g/mol. The van der Waals surface area contributed by atoms with Crippen LogP contribution >= 0.6 is 35.0 Å². The van der Waals surface area contributed by atoms with Crippen LogP contribution in [0.3, 0.4) is 0 Å². The van der Waals surface area contributed by atoms with Crippen LogP contribution < -0.4 is 5.32 Å². The zero-order chi connectivity index (χ0) is 22.7. The highest BCUT2D eigenvalue weighted by atomic mass is 35.5. The molecular formula is C23H23Cl2FN4OS. The minimum atomic E-state index is -0.359. The summed E-state index contributed by atoms with van der Waals surface area (Å²) in [6.45, 7) is 1.89. The van der Waals surface area contributed by atoms with Crippen molar-refractivity contribution in [3.05, 3.63) is 69.7 Å². The molecule has 1 aliphatic carbocycles. The molecule has 2 aromatic carbocycles. The molecule has 1 N–H and O–H groups in total. The summed E-state index contributed by atoms with van der Waals surface area (Å²) in [5, 5.41) is 13.5. The number of hydrogen-bond donors (Lipinski definition) is 1. The molecule has 1 amide bonds. The number of amides is 1. The molecule has 0 aliphatic heterocycles. The van der Waals surface area contributed by atoms with Crippen molar-refractivity contribution in [2.24, 2.45) is 5.92 Å². The van der Waals surface area contributed by atoms with Crippen molar-refractivity contribution in [3.63, 3.8) is 0 Å². The Balaban J connectivity index is 1.63. The standard InChI is InChI=1S/C23H23Cl2FN4OS/c1-14(27-22(31)16-4-2-3-5-16)21-28-29-23(32-13-15-6-9-18(26)10-7-15)30(21)20-11-8-17(24)12-19(20)25/h6-12,14,16H,2-5,13H2,1H3,(H,27,31). The molecule has 1 aliphatic rings. The zero-order valence-corrected chi connectivity index (χ0v) is 19.9. The van der Waals surface area contributed by atoms with E-state index in [0.717, 1.165) is 31.2 Å². The third kappa shape index (κ3) is 5.27. The highest BCUT2D eigenvalue weighted by molar-refractivity contribution is 7.98. The molecule has 0 saturated heterocycles. The fraction of sp³-hybridized carbons (Fsp3) is 0.348. The molecule has 168 valence electrons. The summed E-state index contributed by atoms with van der Waals surface area (Å²) in [5.74, 6) is 0.991. The summed E-state index contributed by atoms with van der Waals surface area (Å²) >= 11 is 14.1. The Hall–Kier alpha value is -2.09. The van der Waals surface area contributed by atoms with Gasteiger partial charge >= 0.3 is 0 Å². The first kappa shape index (κ1) is 23.1. The van der Waals surface area contributed by atoms with Crippen molar-refractivity contribution in [3.8, 4) is 5.69 Å². The maximum absolute atomic E-state index is 13.2. The van der Waals surface area contributed by atoms with Crippen molar-refractivity contribution in [1.82, 2.24) is 20.1 Å². The summed E-state index contributed by atoms with van der Waals surface area (Å²) in [4.78, 5) is 12.7. The van der Waals surface area contributed by atoms with E-state index >= 15 is 0 Å². The van der Waals surface area contributed by atoms with Crippen LogP contribution in [0.15, 0.2) is 47.6 Å². The van der Waals surface area contributed by atoms with Gasteiger partial charge in [-0.1, -0.05) is 59.9 Å². The number of aromatic nitrogens is 3. The van der Waals surface area contributed by atoms with Gasteiger partial charge < -0.3 is 5.32 Å². The summed E-state index contributed by atoms with van der Waals surface area (Å²) in [5.41, 5.74) is 1.64. The Morgan fingerprint density at radius 1 is 1.19 bits per heavy atom. The highest BCUT2D eigenvalue weighted by Crippen LogP contribution is 2.33. The third-order valence-corrected chi connectivity index (χ3v) is 7.10. The van der Waals surface area contributed by atoms with E-state index in [2.05, 4.69) is 15.5 Å². The lowest BCUT2D eigenvalue weighted by Gasteiger charge is -2.19. The largest absolute Gasteiger partial charge is 0.346 e. The van der Waals surface area contributed by atoms with E-state index in [0.29, 0.717) is 32.5 Å². The number of nitrogens with zero attached hydrogens (tertiary/aromatic N) is 3. The van der Waals surface area contributed by atoms with Crippen molar-refractivity contribution >= 4 is 40.9 Å². The summed E-state index contributed by atoms with van der Waals surface area (Å²) in [6.07, 6.45) is 4.03. The molecule has 5 nitrogen and oxygen atoms in total. The minimum absolute atomic E-state index is 0.0484. The van der Waals surface area contributed by atoms with Crippen LogP contribution in [-0.4, -0.2) is 20.7 Å². The Bertz CT molecular complexity index is 1100. The molecule has 4 rings (SSSR count). The van der Waals surface area contributed by atoms with Crippen LogP contribution in [0, 0.1) is 11.7 Å². The Labute approximate surface area is 200 Å². The summed E-state index contributed by atoms with van der Waals surface area (Å²) in [6, 6.07) is 11.2. The van der Waals surface area contributed by atoms with Crippen molar-refractivity contribution in [1.29, 1.82) is 0 Å². The molecule has 32 heavy (non-hydrogen) atoms. The van der Waals surface area contributed by atoms with E-state index in [1.165, 1.54) is 23.9 Å². The number of nitrogens with one attached hydrogen (secondary N) is 1. The molecule has 1 aromatic heterocycles. The average molecular weight is 493 g/mol. The fourth-order valence-electron chi connectivity index (χ4n) is 3.86. The number of carbonyl (C=O) groups excluding carboxylic acids is 1. The van der Waals surface area contributed by atoms with Gasteiger partial charge in [-0.2, -0.15) is 0 Å². The van der Waals surface area contributed by atoms with Crippen LogP contribution in [0.4, 0.5) is 4.39 Å². The van der Waals surface area contributed by atoms with E-state index in [9.17, 15) is 9.18 Å². The van der Waals surface area contributed by atoms with Gasteiger partial charge in [-0.15, -0.1) is 10.2 Å². The van der Waals surface area contributed by atoms with Crippen molar-refractivity contribution in [2.75, 3.05) is 0 Å². The second kappa shape index (κ2) is 10.2. The maximum Gasteiger partial charge on any atom is 0.223 e. The SMILES string of the molecule is CC(NC(=O)C1CCCC1)c1nnc(SCc2ccc(F)cc2)n1-c1ccc(Cl)cc1Cl. The average Bonchev–Trinajstić information content (AvgIpc) is 3.44. The molecule has 0 spiro atoms. The van der Waals surface area contributed by atoms with E-state index < -0.39 is 0 Å². The highest BCUT2D eigenvalue weighted by Gasteiger charge is 2.27. The first-order valence-corrected chi connectivity index (χ1v) is 12.2. The topological polar surface area (TPSA) is 59.8 Å². The summed E-state index contributed by atoms with van der Waals surface area (Å²) in [7, 11) is 0. The van der Waals surface area contributed by atoms with Crippen LogP contribution in [0.25, 0.3) is 5.69 Å². The molecular weight excluding hydrogens is 470 g/mol. The first-order valence-electron chi connectivity index (χ1n) is 10.5.